The average Bonchev–Trinajstić information content (AvgIpc) is 3.33. The van der Waals surface area contributed by atoms with Crippen molar-refractivity contribution in [2.24, 2.45) is 11.7 Å². The first-order valence-corrected chi connectivity index (χ1v) is 7.42. The first kappa shape index (κ1) is 13.8. The minimum atomic E-state index is -0.383. The van der Waals surface area contributed by atoms with Gasteiger partial charge in [0, 0.05) is 5.56 Å². The van der Waals surface area contributed by atoms with Gasteiger partial charge in [0.25, 0.3) is 0 Å². The van der Waals surface area contributed by atoms with Gasteiger partial charge in [-0.2, -0.15) is 0 Å². The molecule has 3 N–H and O–H groups in total. The van der Waals surface area contributed by atoms with E-state index in [1.165, 1.54) is 18.4 Å². The van der Waals surface area contributed by atoms with Crippen LogP contribution < -0.4 is 11.1 Å². The molecule has 1 fully saturated rings. The van der Waals surface area contributed by atoms with Crippen LogP contribution in [0.1, 0.15) is 40.4 Å². The molecule has 2 aromatic carbocycles. The van der Waals surface area contributed by atoms with Gasteiger partial charge in [0.15, 0.2) is 0 Å². The Morgan fingerprint density at radius 1 is 1.10 bits per heavy atom. The number of rotatable bonds is 6. The van der Waals surface area contributed by atoms with Gasteiger partial charge in [-0.05, 0) is 48.6 Å². The topological polar surface area (TPSA) is 55.1 Å². The molecule has 108 valence electrons. The van der Waals surface area contributed by atoms with Gasteiger partial charge in [0.2, 0.25) is 5.91 Å². The molecule has 0 bridgehead atoms. The van der Waals surface area contributed by atoms with Gasteiger partial charge in [0.1, 0.15) is 0 Å². The Kier molecular flexibility index (Phi) is 4.02. The molecule has 2 aromatic rings. The summed E-state index contributed by atoms with van der Waals surface area (Å²) in [5, 5.41) is 3.63. The lowest BCUT2D eigenvalue weighted by Crippen LogP contribution is -2.25. The Morgan fingerprint density at radius 2 is 1.81 bits per heavy atom. The number of carbonyl (C=O) groups is 1. The molecule has 0 aromatic heterocycles. The Hall–Kier alpha value is -2.13. The van der Waals surface area contributed by atoms with Gasteiger partial charge in [-0.1, -0.05) is 42.5 Å². The van der Waals surface area contributed by atoms with Crippen LogP contribution in [0, 0.1) is 5.92 Å². The van der Waals surface area contributed by atoms with Crippen LogP contribution in [0.15, 0.2) is 54.6 Å². The van der Waals surface area contributed by atoms with E-state index < -0.39 is 0 Å². The predicted molar refractivity (Wildman–Crippen MR) is 84.0 cm³/mol. The molecular weight excluding hydrogens is 260 g/mol. The van der Waals surface area contributed by atoms with Crippen molar-refractivity contribution in [3.8, 4) is 0 Å². The summed E-state index contributed by atoms with van der Waals surface area (Å²) in [5.41, 5.74) is 8.24. The lowest BCUT2D eigenvalue weighted by Gasteiger charge is -2.20. The van der Waals surface area contributed by atoms with E-state index in [4.69, 9.17) is 5.73 Å². The van der Waals surface area contributed by atoms with Crippen LogP contribution in [-0.2, 0) is 0 Å². The summed E-state index contributed by atoms with van der Waals surface area (Å²) in [6.45, 7) is 1.01. The Labute approximate surface area is 125 Å². The van der Waals surface area contributed by atoms with Gasteiger partial charge in [-0.25, -0.2) is 0 Å². The summed E-state index contributed by atoms with van der Waals surface area (Å²) < 4.78 is 0. The number of primary amides is 1. The van der Waals surface area contributed by atoms with Crippen LogP contribution in [0.2, 0.25) is 0 Å². The van der Waals surface area contributed by atoms with E-state index in [1.807, 2.05) is 36.4 Å². The second-order valence-electron chi connectivity index (χ2n) is 5.69. The summed E-state index contributed by atoms with van der Waals surface area (Å²) in [4.78, 5) is 11.4. The quantitative estimate of drug-likeness (QED) is 0.855. The Balaban J connectivity index is 1.89. The van der Waals surface area contributed by atoms with E-state index in [9.17, 15) is 4.79 Å². The van der Waals surface area contributed by atoms with Crippen molar-refractivity contribution in [3.63, 3.8) is 0 Å². The highest BCUT2D eigenvalue weighted by Crippen LogP contribution is 2.30. The molecule has 1 amide bonds. The van der Waals surface area contributed by atoms with Crippen LogP contribution in [0.5, 0.6) is 0 Å². The number of carbonyl (C=O) groups excluding carboxylic acids is 1. The molecule has 1 aliphatic rings. The zero-order valence-corrected chi connectivity index (χ0v) is 12.0. The Morgan fingerprint density at radius 3 is 2.48 bits per heavy atom. The van der Waals surface area contributed by atoms with Crippen LogP contribution in [0.3, 0.4) is 0 Å². The zero-order valence-electron chi connectivity index (χ0n) is 12.0. The van der Waals surface area contributed by atoms with Crippen LogP contribution in [0.25, 0.3) is 0 Å². The molecule has 0 heterocycles. The highest BCUT2D eigenvalue weighted by molar-refractivity contribution is 5.92. The molecule has 21 heavy (non-hydrogen) atoms. The Bertz CT molecular complexity index is 620. The number of hydrogen-bond acceptors (Lipinski definition) is 2. The van der Waals surface area contributed by atoms with Crippen LogP contribution in [-0.4, -0.2) is 12.5 Å². The van der Waals surface area contributed by atoms with Gasteiger partial charge in [-0.15, -0.1) is 0 Å². The normalized spacial score (nSPS) is 15.6. The number of nitrogens with one attached hydrogen (secondary N) is 1. The molecule has 1 unspecified atom stereocenters. The van der Waals surface area contributed by atoms with Gasteiger partial charge in [-0.3, -0.25) is 4.79 Å². The van der Waals surface area contributed by atoms with Crippen molar-refractivity contribution in [2.75, 3.05) is 6.54 Å². The number of hydrogen-bond donors (Lipinski definition) is 2. The molecule has 1 atom stereocenters. The maximum atomic E-state index is 11.4. The van der Waals surface area contributed by atoms with E-state index in [0.29, 0.717) is 5.56 Å². The number of benzene rings is 2. The summed E-state index contributed by atoms with van der Waals surface area (Å²) in [7, 11) is 0. The smallest absolute Gasteiger partial charge is 0.248 e. The fourth-order valence-corrected chi connectivity index (χ4v) is 2.55. The lowest BCUT2D eigenvalue weighted by atomic mass is 9.97. The standard InChI is InChI=1S/C18H20N2O/c19-18(21)16-8-4-7-15(11-16)17(20-12-13-9-10-13)14-5-2-1-3-6-14/h1-8,11,13,17,20H,9-10,12H2,(H2,19,21). The third-order valence-electron chi connectivity index (χ3n) is 3.94. The monoisotopic (exact) mass is 280 g/mol. The van der Waals surface area contributed by atoms with E-state index in [2.05, 4.69) is 17.4 Å². The molecule has 0 radical (unpaired) electrons. The molecule has 3 heteroatoms. The first-order chi connectivity index (χ1) is 10.2. The molecule has 3 rings (SSSR count). The number of amides is 1. The third kappa shape index (κ3) is 3.50. The van der Waals surface area contributed by atoms with Crippen molar-refractivity contribution in [1.82, 2.24) is 5.32 Å². The second-order valence-corrected chi connectivity index (χ2v) is 5.69. The summed E-state index contributed by atoms with van der Waals surface area (Å²) in [6.07, 6.45) is 2.63. The number of nitrogens with two attached hydrogens (primary N) is 1. The van der Waals surface area contributed by atoms with Crippen molar-refractivity contribution in [1.29, 1.82) is 0 Å². The van der Waals surface area contributed by atoms with Crippen LogP contribution in [0.4, 0.5) is 0 Å². The first-order valence-electron chi connectivity index (χ1n) is 7.42. The van der Waals surface area contributed by atoms with Crippen molar-refractivity contribution in [3.05, 3.63) is 71.3 Å². The van der Waals surface area contributed by atoms with E-state index >= 15 is 0 Å². The van der Waals surface area contributed by atoms with E-state index in [-0.39, 0.29) is 11.9 Å². The fraction of sp³-hybridized carbons (Fsp3) is 0.278. The lowest BCUT2D eigenvalue weighted by molar-refractivity contribution is 0.1000. The summed E-state index contributed by atoms with van der Waals surface area (Å²) >= 11 is 0. The van der Waals surface area contributed by atoms with E-state index in [0.717, 1.165) is 18.0 Å². The molecule has 3 nitrogen and oxygen atoms in total. The zero-order chi connectivity index (χ0) is 14.7. The minimum Gasteiger partial charge on any atom is -0.366 e. The van der Waals surface area contributed by atoms with Crippen molar-refractivity contribution in [2.45, 2.75) is 18.9 Å². The molecular formula is C18H20N2O. The summed E-state index contributed by atoms with van der Waals surface area (Å²) in [5.74, 6) is 0.418. The predicted octanol–water partition coefficient (Wildman–Crippen LogP) is 2.87. The highest BCUT2D eigenvalue weighted by atomic mass is 16.1. The molecule has 1 saturated carbocycles. The van der Waals surface area contributed by atoms with Crippen LogP contribution >= 0.6 is 0 Å². The summed E-state index contributed by atoms with van der Waals surface area (Å²) in [6, 6.07) is 18.0. The van der Waals surface area contributed by atoms with Gasteiger partial charge in [0.05, 0.1) is 6.04 Å². The SMILES string of the molecule is NC(=O)c1cccc(C(NCC2CC2)c2ccccc2)c1. The third-order valence-corrected chi connectivity index (χ3v) is 3.94. The molecule has 0 spiro atoms. The maximum absolute atomic E-state index is 11.4. The van der Waals surface area contributed by atoms with Crippen molar-refractivity contribution >= 4 is 5.91 Å². The fourth-order valence-electron chi connectivity index (χ4n) is 2.55. The second kappa shape index (κ2) is 6.10. The largest absolute Gasteiger partial charge is 0.366 e. The molecule has 0 saturated heterocycles. The highest BCUT2D eigenvalue weighted by Gasteiger charge is 2.23. The maximum Gasteiger partial charge on any atom is 0.248 e. The van der Waals surface area contributed by atoms with Gasteiger partial charge >= 0.3 is 0 Å². The minimum absolute atomic E-state index is 0.103. The average molecular weight is 280 g/mol. The molecule has 1 aliphatic carbocycles. The van der Waals surface area contributed by atoms with E-state index in [1.54, 1.807) is 6.07 Å². The van der Waals surface area contributed by atoms with Crippen molar-refractivity contribution < 1.29 is 4.79 Å². The molecule has 0 aliphatic heterocycles. The van der Waals surface area contributed by atoms with Gasteiger partial charge < -0.3 is 11.1 Å².